The zero-order valence-electron chi connectivity index (χ0n) is 16.1. The van der Waals surface area contributed by atoms with Crippen molar-refractivity contribution in [2.75, 3.05) is 0 Å². The van der Waals surface area contributed by atoms with Crippen LogP contribution in [0.1, 0.15) is 24.2 Å². The van der Waals surface area contributed by atoms with Crippen LogP contribution in [-0.4, -0.2) is 24.5 Å². The topological polar surface area (TPSA) is 76.5 Å². The van der Waals surface area contributed by atoms with Gasteiger partial charge in [0, 0.05) is 17.1 Å². The van der Waals surface area contributed by atoms with Crippen LogP contribution < -0.4 is 5.69 Å². The standard InChI is InChI=1S/C23H19N5O/c1-14-20(18-10-6-12-19-17(18)11-7-13-24-19)26-22-21(25-14)27-23(29)28(22)15(2)16-8-4-3-5-9-16/h3-13,15H,1-2H3,(H,25,27,29). The number of nitrogens with zero attached hydrogens (tertiary/aromatic N) is 4. The second-order valence-corrected chi connectivity index (χ2v) is 7.09. The van der Waals surface area contributed by atoms with Crippen molar-refractivity contribution in [3.63, 3.8) is 0 Å². The summed E-state index contributed by atoms with van der Waals surface area (Å²) in [5, 5.41) is 1.01. The van der Waals surface area contributed by atoms with Gasteiger partial charge in [-0.3, -0.25) is 14.5 Å². The van der Waals surface area contributed by atoms with Gasteiger partial charge in [-0.05, 0) is 31.5 Å². The molecule has 1 unspecified atom stereocenters. The first-order valence-corrected chi connectivity index (χ1v) is 9.51. The Morgan fingerprint density at radius 1 is 0.966 bits per heavy atom. The van der Waals surface area contributed by atoms with Crippen molar-refractivity contribution in [2.24, 2.45) is 0 Å². The van der Waals surface area contributed by atoms with Gasteiger partial charge in [-0.15, -0.1) is 0 Å². The van der Waals surface area contributed by atoms with Crippen LogP contribution in [0.25, 0.3) is 33.5 Å². The molecule has 142 valence electrons. The third-order valence-corrected chi connectivity index (χ3v) is 5.29. The van der Waals surface area contributed by atoms with Gasteiger partial charge in [-0.1, -0.05) is 48.5 Å². The predicted octanol–water partition coefficient (Wildman–Crippen LogP) is 4.25. The van der Waals surface area contributed by atoms with E-state index in [0.717, 1.165) is 33.4 Å². The van der Waals surface area contributed by atoms with Gasteiger partial charge in [0.05, 0.1) is 22.9 Å². The number of nitrogens with one attached hydrogen (secondary N) is 1. The molecule has 5 rings (SSSR count). The van der Waals surface area contributed by atoms with Crippen LogP contribution in [0.15, 0.2) is 71.7 Å². The molecule has 5 aromatic rings. The first-order valence-electron chi connectivity index (χ1n) is 9.51. The molecule has 6 nitrogen and oxygen atoms in total. The Hall–Kier alpha value is -3.80. The van der Waals surface area contributed by atoms with E-state index in [4.69, 9.17) is 4.98 Å². The van der Waals surface area contributed by atoms with Crippen LogP contribution in [0, 0.1) is 6.92 Å². The van der Waals surface area contributed by atoms with Gasteiger partial charge in [-0.2, -0.15) is 0 Å². The highest BCUT2D eigenvalue weighted by Gasteiger charge is 2.19. The van der Waals surface area contributed by atoms with Gasteiger partial charge >= 0.3 is 5.69 Å². The average Bonchev–Trinajstić information content (AvgIpc) is 3.07. The van der Waals surface area contributed by atoms with Crippen molar-refractivity contribution in [1.29, 1.82) is 0 Å². The van der Waals surface area contributed by atoms with Gasteiger partial charge in [0.15, 0.2) is 11.3 Å². The summed E-state index contributed by atoms with van der Waals surface area (Å²) in [6.45, 7) is 3.90. The molecule has 1 N–H and O–H groups in total. The van der Waals surface area contributed by atoms with Crippen LogP contribution in [0.4, 0.5) is 0 Å². The van der Waals surface area contributed by atoms with E-state index in [1.54, 1.807) is 10.8 Å². The van der Waals surface area contributed by atoms with Crippen LogP contribution in [0.2, 0.25) is 0 Å². The fraction of sp³-hybridized carbons (Fsp3) is 0.130. The second kappa shape index (κ2) is 6.67. The molecule has 0 fully saturated rings. The lowest BCUT2D eigenvalue weighted by molar-refractivity contribution is 0.630. The lowest BCUT2D eigenvalue weighted by atomic mass is 10.0. The first-order chi connectivity index (χ1) is 14.1. The van der Waals surface area contributed by atoms with E-state index in [-0.39, 0.29) is 11.7 Å². The zero-order valence-corrected chi connectivity index (χ0v) is 16.1. The van der Waals surface area contributed by atoms with Gasteiger partial charge < -0.3 is 0 Å². The Morgan fingerprint density at radius 3 is 2.62 bits per heavy atom. The number of benzene rings is 2. The highest BCUT2D eigenvalue weighted by Crippen LogP contribution is 2.29. The molecule has 0 aliphatic heterocycles. The fourth-order valence-electron chi connectivity index (χ4n) is 3.82. The van der Waals surface area contributed by atoms with Crippen molar-refractivity contribution >= 4 is 22.2 Å². The molecule has 0 saturated heterocycles. The number of rotatable bonds is 3. The van der Waals surface area contributed by atoms with E-state index in [1.165, 1.54) is 0 Å². The maximum Gasteiger partial charge on any atom is 0.329 e. The van der Waals surface area contributed by atoms with Crippen molar-refractivity contribution in [3.8, 4) is 11.3 Å². The molecule has 3 heterocycles. The smallest absolute Gasteiger partial charge is 0.289 e. The summed E-state index contributed by atoms with van der Waals surface area (Å²) >= 11 is 0. The highest BCUT2D eigenvalue weighted by atomic mass is 16.1. The largest absolute Gasteiger partial charge is 0.329 e. The average molecular weight is 381 g/mol. The number of hydrogen-bond donors (Lipinski definition) is 1. The summed E-state index contributed by atoms with van der Waals surface area (Å²) < 4.78 is 1.67. The number of aryl methyl sites for hydroxylation is 1. The molecule has 29 heavy (non-hydrogen) atoms. The third-order valence-electron chi connectivity index (χ3n) is 5.29. The molecule has 0 aliphatic rings. The summed E-state index contributed by atoms with van der Waals surface area (Å²) in [5.74, 6) is 0. The molecule has 6 heteroatoms. The molecule has 0 radical (unpaired) electrons. The van der Waals surface area contributed by atoms with E-state index in [1.807, 2.05) is 74.5 Å². The molecule has 0 aliphatic carbocycles. The molecule has 3 aromatic heterocycles. The summed E-state index contributed by atoms with van der Waals surface area (Å²) in [7, 11) is 0. The first kappa shape index (κ1) is 17.3. The van der Waals surface area contributed by atoms with Gasteiger partial charge in [-0.25, -0.2) is 14.8 Å². The van der Waals surface area contributed by atoms with Crippen molar-refractivity contribution in [2.45, 2.75) is 19.9 Å². The van der Waals surface area contributed by atoms with Crippen molar-refractivity contribution in [3.05, 3.63) is 88.6 Å². The maximum absolute atomic E-state index is 12.7. The Kier molecular flexibility index (Phi) is 3.98. The molecular weight excluding hydrogens is 362 g/mol. The molecule has 0 saturated carbocycles. The molecule has 0 spiro atoms. The minimum absolute atomic E-state index is 0.170. The maximum atomic E-state index is 12.7. The lowest BCUT2D eigenvalue weighted by Crippen LogP contribution is -2.21. The summed E-state index contributed by atoms with van der Waals surface area (Å²) in [4.78, 5) is 29.6. The molecule has 0 bridgehead atoms. The van der Waals surface area contributed by atoms with E-state index < -0.39 is 0 Å². The molecule has 0 amide bonds. The van der Waals surface area contributed by atoms with E-state index in [9.17, 15) is 4.79 Å². The van der Waals surface area contributed by atoms with Crippen LogP contribution >= 0.6 is 0 Å². The Balaban J connectivity index is 1.77. The number of aromatic amines is 1. The van der Waals surface area contributed by atoms with Gasteiger partial charge in [0.1, 0.15) is 0 Å². The third kappa shape index (κ3) is 2.81. The van der Waals surface area contributed by atoms with E-state index >= 15 is 0 Å². The second-order valence-electron chi connectivity index (χ2n) is 7.09. The Labute approximate surface area is 166 Å². The number of hydrogen-bond acceptors (Lipinski definition) is 4. The minimum Gasteiger partial charge on any atom is -0.289 e. The van der Waals surface area contributed by atoms with E-state index in [0.29, 0.717) is 11.3 Å². The zero-order chi connectivity index (χ0) is 20.0. The summed E-state index contributed by atoms with van der Waals surface area (Å²) in [6, 6.07) is 19.6. The Bertz CT molecular complexity index is 1400. The fourth-order valence-corrected chi connectivity index (χ4v) is 3.82. The van der Waals surface area contributed by atoms with Crippen LogP contribution in [0.3, 0.4) is 0 Å². The van der Waals surface area contributed by atoms with Crippen LogP contribution in [-0.2, 0) is 0 Å². The summed E-state index contributed by atoms with van der Waals surface area (Å²) in [6.07, 6.45) is 1.78. The lowest BCUT2D eigenvalue weighted by Gasteiger charge is -2.14. The highest BCUT2D eigenvalue weighted by molar-refractivity contribution is 5.94. The number of pyridine rings is 1. The predicted molar refractivity (Wildman–Crippen MR) is 114 cm³/mol. The Morgan fingerprint density at radius 2 is 1.79 bits per heavy atom. The molecular formula is C23H19N5O. The van der Waals surface area contributed by atoms with Crippen molar-refractivity contribution < 1.29 is 0 Å². The molecule has 1 atom stereocenters. The normalized spacial score (nSPS) is 12.5. The molecule has 2 aromatic carbocycles. The van der Waals surface area contributed by atoms with Crippen molar-refractivity contribution in [1.82, 2.24) is 24.5 Å². The van der Waals surface area contributed by atoms with Crippen LogP contribution in [0.5, 0.6) is 0 Å². The number of fused-ring (bicyclic) bond motifs is 2. The summed E-state index contributed by atoms with van der Waals surface area (Å²) in [5.41, 5.74) is 5.23. The quantitative estimate of drug-likeness (QED) is 0.507. The minimum atomic E-state index is -0.215. The monoisotopic (exact) mass is 381 g/mol. The number of imidazole rings is 1. The van der Waals surface area contributed by atoms with E-state index in [2.05, 4.69) is 15.0 Å². The van der Waals surface area contributed by atoms with Gasteiger partial charge in [0.25, 0.3) is 0 Å². The SMILES string of the molecule is Cc1nc2[nH]c(=O)n(C(C)c3ccccc3)c2nc1-c1cccc2ncccc12. The number of H-pyrrole nitrogens is 1. The van der Waals surface area contributed by atoms with Gasteiger partial charge in [0.2, 0.25) is 0 Å². The number of aromatic nitrogens is 5.